The summed E-state index contributed by atoms with van der Waals surface area (Å²) >= 11 is 0. The van der Waals surface area contributed by atoms with E-state index >= 15 is 0 Å². The maximum atomic E-state index is 12.3. The fraction of sp³-hybridized carbons (Fsp3) is 0.667. The van der Waals surface area contributed by atoms with Crippen LogP contribution in [0.3, 0.4) is 0 Å². The molecule has 2 aliphatic heterocycles. The Morgan fingerprint density at radius 2 is 1.81 bits per heavy atom. The maximum Gasteiger partial charge on any atom is 0.317 e. The lowest BCUT2D eigenvalue weighted by atomic mass is 10.2. The lowest BCUT2D eigenvalue weighted by Gasteiger charge is -2.20. The van der Waals surface area contributed by atoms with E-state index in [0.717, 1.165) is 31.7 Å². The van der Waals surface area contributed by atoms with Crippen LogP contribution in [0, 0.1) is 0 Å². The minimum absolute atomic E-state index is 0.0546. The Morgan fingerprint density at radius 1 is 1.04 bits per heavy atom. The van der Waals surface area contributed by atoms with Crippen LogP contribution in [0.15, 0.2) is 30.3 Å². The van der Waals surface area contributed by atoms with Crippen LogP contribution in [0.4, 0.5) is 4.79 Å². The van der Waals surface area contributed by atoms with Crippen LogP contribution in [-0.2, 0) is 0 Å². The van der Waals surface area contributed by atoms with Gasteiger partial charge in [-0.2, -0.15) is 0 Å². The van der Waals surface area contributed by atoms with E-state index in [1.165, 1.54) is 51.7 Å². The number of hydrogen-bond donors (Lipinski definition) is 1. The van der Waals surface area contributed by atoms with Gasteiger partial charge >= 0.3 is 6.03 Å². The molecule has 1 N–H and O–H groups in total. The molecule has 2 fully saturated rings. The van der Waals surface area contributed by atoms with Crippen LogP contribution in [0.1, 0.15) is 44.9 Å². The number of ether oxygens (including phenoxy) is 1. The number of urea groups is 1. The second-order valence-electron chi connectivity index (χ2n) is 7.48. The third-order valence-electron chi connectivity index (χ3n) is 5.35. The van der Waals surface area contributed by atoms with Crippen molar-refractivity contribution in [1.82, 2.24) is 15.1 Å². The molecule has 2 saturated heterocycles. The number of nitrogens with one attached hydrogen (secondary N) is 1. The van der Waals surface area contributed by atoms with E-state index in [0.29, 0.717) is 6.54 Å². The van der Waals surface area contributed by atoms with Gasteiger partial charge in [0.25, 0.3) is 0 Å². The number of likely N-dealkylation sites (tertiary alicyclic amines) is 2. The Kier molecular flexibility index (Phi) is 7.62. The van der Waals surface area contributed by atoms with E-state index in [1.54, 1.807) is 0 Å². The zero-order valence-electron chi connectivity index (χ0n) is 15.9. The molecule has 0 unspecified atom stereocenters. The number of nitrogens with zero attached hydrogens (tertiary/aromatic N) is 2. The smallest absolute Gasteiger partial charge is 0.317 e. The van der Waals surface area contributed by atoms with Gasteiger partial charge in [0.15, 0.2) is 0 Å². The van der Waals surface area contributed by atoms with Gasteiger partial charge in [-0.1, -0.05) is 31.0 Å². The molecule has 1 aromatic rings. The average Bonchev–Trinajstić information content (AvgIpc) is 2.97. The summed E-state index contributed by atoms with van der Waals surface area (Å²) in [6.45, 7) is 5.90. The first-order chi connectivity index (χ1) is 12.8. The highest BCUT2D eigenvalue weighted by Gasteiger charge is 2.27. The second kappa shape index (κ2) is 10.4. The minimum atomic E-state index is 0.0546. The summed E-state index contributed by atoms with van der Waals surface area (Å²) in [5.41, 5.74) is 0. The predicted octanol–water partition coefficient (Wildman–Crippen LogP) is 3.51. The van der Waals surface area contributed by atoms with Crippen molar-refractivity contribution in [1.29, 1.82) is 0 Å². The summed E-state index contributed by atoms with van der Waals surface area (Å²) in [7, 11) is 0. The number of benzene rings is 1. The molecule has 144 valence electrons. The number of para-hydroxylation sites is 1. The number of rotatable bonds is 7. The topological polar surface area (TPSA) is 44.8 Å². The van der Waals surface area contributed by atoms with Crippen molar-refractivity contribution >= 4 is 6.03 Å². The Hall–Kier alpha value is -1.75. The molecule has 3 rings (SSSR count). The van der Waals surface area contributed by atoms with Gasteiger partial charge in [0.1, 0.15) is 11.9 Å². The molecule has 0 saturated carbocycles. The van der Waals surface area contributed by atoms with Gasteiger partial charge in [0.2, 0.25) is 0 Å². The fourth-order valence-electron chi connectivity index (χ4n) is 3.83. The highest BCUT2D eigenvalue weighted by Crippen LogP contribution is 2.18. The van der Waals surface area contributed by atoms with Gasteiger partial charge in [0.05, 0.1) is 6.54 Å². The number of amides is 2. The Balaban J connectivity index is 1.27. The highest BCUT2D eigenvalue weighted by molar-refractivity contribution is 5.74. The van der Waals surface area contributed by atoms with Crippen molar-refractivity contribution in [2.75, 3.05) is 39.3 Å². The molecular formula is C21H33N3O2. The fourth-order valence-corrected chi connectivity index (χ4v) is 3.83. The molecule has 26 heavy (non-hydrogen) atoms. The lowest BCUT2D eigenvalue weighted by molar-refractivity contribution is 0.186. The minimum Gasteiger partial charge on any atom is -0.489 e. The number of unbranched alkanes of at least 4 members (excludes halogenated alkanes) is 1. The van der Waals surface area contributed by atoms with Crippen molar-refractivity contribution in [3.63, 3.8) is 0 Å². The molecule has 2 heterocycles. The molecule has 5 heteroatoms. The monoisotopic (exact) mass is 359 g/mol. The third-order valence-corrected chi connectivity index (χ3v) is 5.35. The molecule has 5 nitrogen and oxygen atoms in total. The van der Waals surface area contributed by atoms with Gasteiger partial charge in [-0.3, -0.25) is 0 Å². The van der Waals surface area contributed by atoms with Crippen LogP contribution in [0.5, 0.6) is 5.75 Å². The Morgan fingerprint density at radius 3 is 2.58 bits per heavy atom. The van der Waals surface area contributed by atoms with Gasteiger partial charge in [-0.25, -0.2) is 4.79 Å². The Labute approximate surface area is 157 Å². The molecule has 1 atom stereocenters. The van der Waals surface area contributed by atoms with E-state index in [1.807, 2.05) is 35.2 Å². The standard InChI is InChI=1S/C21H33N3O2/c25-21(22-13-6-9-16-23-14-7-1-2-8-15-23)24-17-12-20(18-24)26-19-10-4-3-5-11-19/h3-5,10-11,20H,1-2,6-9,12-18H2,(H,22,25)/t20-/m0/s1. The highest BCUT2D eigenvalue weighted by atomic mass is 16.5. The van der Waals surface area contributed by atoms with Crippen LogP contribution in [-0.4, -0.2) is 61.2 Å². The summed E-state index contributed by atoms with van der Waals surface area (Å²) in [5, 5.41) is 3.07. The van der Waals surface area contributed by atoms with Gasteiger partial charge in [0, 0.05) is 19.5 Å². The van der Waals surface area contributed by atoms with E-state index in [9.17, 15) is 4.79 Å². The van der Waals surface area contributed by atoms with E-state index in [4.69, 9.17) is 4.74 Å². The van der Waals surface area contributed by atoms with Crippen LogP contribution >= 0.6 is 0 Å². The van der Waals surface area contributed by atoms with Gasteiger partial charge < -0.3 is 19.9 Å². The van der Waals surface area contributed by atoms with E-state index in [2.05, 4.69) is 10.2 Å². The number of hydrogen-bond acceptors (Lipinski definition) is 3. The summed E-state index contributed by atoms with van der Waals surface area (Å²) in [5.74, 6) is 0.883. The average molecular weight is 360 g/mol. The Bertz CT molecular complexity index is 529. The summed E-state index contributed by atoms with van der Waals surface area (Å²) < 4.78 is 5.95. The quantitative estimate of drug-likeness (QED) is 0.758. The van der Waals surface area contributed by atoms with Crippen LogP contribution in [0.25, 0.3) is 0 Å². The molecule has 0 bridgehead atoms. The van der Waals surface area contributed by atoms with E-state index < -0.39 is 0 Å². The van der Waals surface area contributed by atoms with E-state index in [-0.39, 0.29) is 12.1 Å². The SMILES string of the molecule is O=C(NCCCCN1CCCCCC1)N1CC[C@H](Oc2ccccc2)C1. The molecule has 0 aromatic heterocycles. The van der Waals surface area contributed by atoms with Crippen molar-refractivity contribution in [2.45, 2.75) is 51.0 Å². The molecular weight excluding hydrogens is 326 g/mol. The predicted molar refractivity (Wildman–Crippen MR) is 105 cm³/mol. The summed E-state index contributed by atoms with van der Waals surface area (Å²) in [4.78, 5) is 16.8. The molecule has 0 aliphatic carbocycles. The molecule has 0 radical (unpaired) electrons. The van der Waals surface area contributed by atoms with Crippen LogP contribution < -0.4 is 10.1 Å². The molecule has 0 spiro atoms. The van der Waals surface area contributed by atoms with Crippen molar-refractivity contribution in [2.24, 2.45) is 0 Å². The van der Waals surface area contributed by atoms with Crippen molar-refractivity contribution in [3.8, 4) is 5.75 Å². The summed E-state index contributed by atoms with van der Waals surface area (Å²) in [6.07, 6.45) is 8.69. The third kappa shape index (κ3) is 6.20. The van der Waals surface area contributed by atoms with Crippen LogP contribution in [0.2, 0.25) is 0 Å². The zero-order chi connectivity index (χ0) is 18.0. The molecule has 1 aromatic carbocycles. The van der Waals surface area contributed by atoms with Crippen molar-refractivity contribution in [3.05, 3.63) is 30.3 Å². The summed E-state index contributed by atoms with van der Waals surface area (Å²) in [6, 6.07) is 9.91. The van der Waals surface area contributed by atoms with Gasteiger partial charge in [-0.05, 0) is 57.5 Å². The van der Waals surface area contributed by atoms with Gasteiger partial charge in [-0.15, -0.1) is 0 Å². The molecule has 2 amide bonds. The number of carbonyl (C=O) groups is 1. The van der Waals surface area contributed by atoms with Crippen molar-refractivity contribution < 1.29 is 9.53 Å². The largest absolute Gasteiger partial charge is 0.489 e. The second-order valence-corrected chi connectivity index (χ2v) is 7.48. The number of carbonyl (C=O) groups excluding carboxylic acids is 1. The zero-order valence-corrected chi connectivity index (χ0v) is 15.9. The maximum absolute atomic E-state index is 12.3. The first kappa shape index (κ1) is 19.0. The molecule has 2 aliphatic rings. The first-order valence-corrected chi connectivity index (χ1v) is 10.3. The lowest BCUT2D eigenvalue weighted by Crippen LogP contribution is -2.40. The normalized spacial score (nSPS) is 21.4. The first-order valence-electron chi connectivity index (χ1n) is 10.3.